The molecule has 1 aromatic heterocycles. The predicted molar refractivity (Wildman–Crippen MR) is 72.0 cm³/mol. The number of carboxylic acid groups (broad SMARTS) is 1. The van der Waals surface area contributed by atoms with Crippen LogP contribution in [0.25, 0.3) is 0 Å². The number of rotatable bonds is 5. The number of amides is 2. The summed E-state index contributed by atoms with van der Waals surface area (Å²) in [5.74, 6) is -0.878. The molecule has 110 valence electrons. The molecule has 20 heavy (non-hydrogen) atoms. The molecule has 1 saturated carbocycles. The van der Waals surface area contributed by atoms with Crippen LogP contribution < -0.4 is 10.6 Å². The fraction of sp³-hybridized carbons (Fsp3) is 0.615. The minimum absolute atomic E-state index is 0.0238. The summed E-state index contributed by atoms with van der Waals surface area (Å²) < 4.78 is 1.66. The Morgan fingerprint density at radius 2 is 2.15 bits per heavy atom. The van der Waals surface area contributed by atoms with Gasteiger partial charge in [0.25, 0.3) is 0 Å². The average Bonchev–Trinajstić information content (AvgIpc) is 2.95. The molecule has 1 heterocycles. The zero-order valence-electron chi connectivity index (χ0n) is 11.6. The summed E-state index contributed by atoms with van der Waals surface area (Å²) in [6, 6.07) is 1.49. The Morgan fingerprint density at radius 1 is 1.45 bits per heavy atom. The van der Waals surface area contributed by atoms with Gasteiger partial charge in [-0.2, -0.15) is 5.10 Å². The van der Waals surface area contributed by atoms with Crippen molar-refractivity contribution in [2.75, 3.05) is 0 Å². The molecule has 1 fully saturated rings. The molecule has 0 saturated heterocycles. The van der Waals surface area contributed by atoms with Gasteiger partial charge in [-0.3, -0.25) is 9.48 Å². The number of carbonyl (C=O) groups is 2. The van der Waals surface area contributed by atoms with Crippen LogP contribution in [-0.2, 0) is 18.4 Å². The van der Waals surface area contributed by atoms with Crippen LogP contribution in [0.15, 0.2) is 12.3 Å². The fourth-order valence-corrected chi connectivity index (χ4v) is 2.70. The number of aliphatic carboxylic acids is 1. The highest BCUT2D eigenvalue weighted by molar-refractivity contribution is 5.76. The molecule has 0 aliphatic heterocycles. The van der Waals surface area contributed by atoms with Crippen LogP contribution in [0.4, 0.5) is 4.79 Å². The van der Waals surface area contributed by atoms with Crippen molar-refractivity contribution >= 4 is 12.0 Å². The molecule has 0 aromatic carbocycles. The van der Waals surface area contributed by atoms with Crippen LogP contribution >= 0.6 is 0 Å². The first-order chi connectivity index (χ1) is 9.49. The molecule has 7 heteroatoms. The molecule has 3 N–H and O–H groups in total. The lowest BCUT2D eigenvalue weighted by molar-refractivity contribution is -0.138. The zero-order chi connectivity index (χ0) is 14.6. The fourth-order valence-electron chi connectivity index (χ4n) is 2.70. The van der Waals surface area contributed by atoms with Crippen molar-refractivity contribution in [3.63, 3.8) is 0 Å². The third kappa shape index (κ3) is 3.72. The third-order valence-electron chi connectivity index (χ3n) is 3.63. The van der Waals surface area contributed by atoms with Crippen LogP contribution in [0.3, 0.4) is 0 Å². The van der Waals surface area contributed by atoms with Gasteiger partial charge in [0, 0.05) is 13.2 Å². The number of urea groups is 1. The zero-order valence-corrected chi connectivity index (χ0v) is 11.6. The largest absolute Gasteiger partial charge is 0.481 e. The Balaban J connectivity index is 1.87. The molecule has 7 nitrogen and oxygen atoms in total. The first kappa shape index (κ1) is 14.4. The molecule has 2 rings (SSSR count). The molecule has 0 radical (unpaired) electrons. The summed E-state index contributed by atoms with van der Waals surface area (Å²) in [5.41, 5.74) is 0.168. The van der Waals surface area contributed by atoms with Gasteiger partial charge in [-0.05, 0) is 18.9 Å². The maximum Gasteiger partial charge on any atom is 0.315 e. The molecular weight excluding hydrogens is 260 g/mol. The van der Waals surface area contributed by atoms with Gasteiger partial charge in [-0.15, -0.1) is 0 Å². The van der Waals surface area contributed by atoms with E-state index in [1.54, 1.807) is 10.9 Å². The molecular formula is C13H20N4O3. The van der Waals surface area contributed by atoms with Crippen molar-refractivity contribution in [1.29, 1.82) is 0 Å². The van der Waals surface area contributed by atoms with Crippen LogP contribution in [-0.4, -0.2) is 32.4 Å². The van der Waals surface area contributed by atoms with Crippen LogP contribution in [0, 0.1) is 0 Å². The number of carboxylic acids is 1. The summed E-state index contributed by atoms with van der Waals surface area (Å²) in [7, 11) is 1.81. The second-order valence-electron chi connectivity index (χ2n) is 5.35. The molecule has 1 aliphatic rings. The van der Waals surface area contributed by atoms with Crippen molar-refractivity contribution < 1.29 is 14.7 Å². The molecule has 0 spiro atoms. The van der Waals surface area contributed by atoms with Crippen molar-refractivity contribution in [3.05, 3.63) is 18.0 Å². The van der Waals surface area contributed by atoms with Gasteiger partial charge in [-0.25, -0.2) is 4.79 Å². The van der Waals surface area contributed by atoms with E-state index < -0.39 is 11.5 Å². The van der Waals surface area contributed by atoms with E-state index in [0.717, 1.165) is 31.4 Å². The van der Waals surface area contributed by atoms with E-state index in [4.69, 9.17) is 5.11 Å². The number of hydrogen-bond donors (Lipinski definition) is 3. The van der Waals surface area contributed by atoms with Crippen LogP contribution in [0.5, 0.6) is 0 Å². The second-order valence-corrected chi connectivity index (χ2v) is 5.35. The molecule has 0 atom stereocenters. The van der Waals surface area contributed by atoms with Crippen molar-refractivity contribution in [3.8, 4) is 0 Å². The summed E-state index contributed by atoms with van der Waals surface area (Å²) in [6.07, 6.45) is 5.12. The number of nitrogens with one attached hydrogen (secondary N) is 2. The molecule has 0 bridgehead atoms. The maximum atomic E-state index is 11.9. The summed E-state index contributed by atoms with van der Waals surface area (Å²) in [5, 5.41) is 18.7. The second kappa shape index (κ2) is 5.94. The van der Waals surface area contributed by atoms with Gasteiger partial charge in [0.2, 0.25) is 0 Å². The Bertz CT molecular complexity index is 492. The minimum Gasteiger partial charge on any atom is -0.481 e. The molecule has 1 aromatic rings. The van der Waals surface area contributed by atoms with Crippen LogP contribution in [0.2, 0.25) is 0 Å². The average molecular weight is 280 g/mol. The number of hydrogen-bond acceptors (Lipinski definition) is 3. The quantitative estimate of drug-likeness (QED) is 0.750. The van der Waals surface area contributed by atoms with Crippen molar-refractivity contribution in [1.82, 2.24) is 20.4 Å². The Labute approximate surface area is 117 Å². The van der Waals surface area contributed by atoms with E-state index in [2.05, 4.69) is 15.7 Å². The molecule has 1 aliphatic carbocycles. The number of carbonyl (C=O) groups excluding carboxylic acids is 1. The van der Waals surface area contributed by atoms with E-state index >= 15 is 0 Å². The topological polar surface area (TPSA) is 96.2 Å². The SMILES string of the molecule is Cn1ccc(CNC(=O)NC2(CC(=O)O)CCCC2)n1. The Kier molecular flexibility index (Phi) is 4.26. The first-order valence-electron chi connectivity index (χ1n) is 6.75. The number of nitrogens with zero attached hydrogens (tertiary/aromatic N) is 2. The third-order valence-corrected chi connectivity index (χ3v) is 3.63. The van der Waals surface area contributed by atoms with Gasteiger partial charge in [-0.1, -0.05) is 12.8 Å². The first-order valence-corrected chi connectivity index (χ1v) is 6.75. The Hall–Kier alpha value is -2.05. The van der Waals surface area contributed by atoms with E-state index in [-0.39, 0.29) is 12.5 Å². The van der Waals surface area contributed by atoms with Gasteiger partial charge in [0.05, 0.1) is 24.2 Å². The molecule has 0 unspecified atom stereocenters. The van der Waals surface area contributed by atoms with E-state index in [9.17, 15) is 9.59 Å². The standard InChI is InChI=1S/C13H20N4O3/c1-17-7-4-10(16-17)9-14-12(20)15-13(8-11(18)19)5-2-3-6-13/h4,7H,2-3,5-6,8-9H2,1H3,(H,18,19)(H2,14,15,20). The number of aromatic nitrogens is 2. The van der Waals surface area contributed by atoms with Gasteiger partial charge < -0.3 is 15.7 Å². The lowest BCUT2D eigenvalue weighted by Crippen LogP contribution is -2.51. The maximum absolute atomic E-state index is 11.9. The predicted octanol–water partition coefficient (Wildman–Crippen LogP) is 1.01. The van der Waals surface area contributed by atoms with E-state index in [1.165, 1.54) is 0 Å². The minimum atomic E-state index is -0.878. The van der Waals surface area contributed by atoms with Gasteiger partial charge in [0.1, 0.15) is 0 Å². The van der Waals surface area contributed by atoms with Crippen LogP contribution in [0.1, 0.15) is 37.8 Å². The summed E-state index contributed by atoms with van der Waals surface area (Å²) >= 11 is 0. The Morgan fingerprint density at radius 3 is 2.70 bits per heavy atom. The molecule has 2 amide bonds. The van der Waals surface area contributed by atoms with Crippen molar-refractivity contribution in [2.45, 2.75) is 44.2 Å². The highest BCUT2D eigenvalue weighted by atomic mass is 16.4. The van der Waals surface area contributed by atoms with Gasteiger partial charge in [0.15, 0.2) is 0 Å². The van der Waals surface area contributed by atoms with Crippen molar-refractivity contribution in [2.24, 2.45) is 7.05 Å². The lowest BCUT2D eigenvalue weighted by Gasteiger charge is -2.28. The number of aryl methyl sites for hydroxylation is 1. The summed E-state index contributed by atoms with van der Waals surface area (Å²) in [6.45, 7) is 0.329. The normalized spacial score (nSPS) is 16.9. The monoisotopic (exact) mass is 280 g/mol. The lowest BCUT2D eigenvalue weighted by atomic mass is 9.93. The summed E-state index contributed by atoms with van der Waals surface area (Å²) in [4.78, 5) is 22.9. The van der Waals surface area contributed by atoms with E-state index in [1.807, 2.05) is 13.1 Å². The van der Waals surface area contributed by atoms with Gasteiger partial charge >= 0.3 is 12.0 Å². The highest BCUT2D eigenvalue weighted by Crippen LogP contribution is 2.32. The smallest absolute Gasteiger partial charge is 0.315 e. The van der Waals surface area contributed by atoms with E-state index in [0.29, 0.717) is 6.54 Å². The highest BCUT2D eigenvalue weighted by Gasteiger charge is 2.37.